The molecule has 0 radical (unpaired) electrons. The Hall–Kier alpha value is -3.15. The van der Waals surface area contributed by atoms with E-state index < -0.39 is 0 Å². The second-order valence-corrected chi connectivity index (χ2v) is 8.46. The van der Waals surface area contributed by atoms with Crippen molar-refractivity contribution in [1.29, 1.82) is 0 Å². The van der Waals surface area contributed by atoms with Crippen LogP contribution < -0.4 is 4.74 Å². The summed E-state index contributed by atoms with van der Waals surface area (Å²) in [4.78, 5) is 23.3. The van der Waals surface area contributed by atoms with Crippen molar-refractivity contribution in [2.75, 3.05) is 13.7 Å². The lowest BCUT2D eigenvalue weighted by atomic mass is 10.00. The van der Waals surface area contributed by atoms with Crippen molar-refractivity contribution in [1.82, 2.24) is 14.9 Å². The number of likely N-dealkylation sites (tertiary alicyclic amines) is 1. The van der Waals surface area contributed by atoms with Gasteiger partial charge in [0.05, 0.1) is 25.0 Å². The highest BCUT2D eigenvalue weighted by Gasteiger charge is 2.47. The zero-order chi connectivity index (χ0) is 21.4. The molecule has 3 unspecified atom stereocenters. The second-order valence-electron chi connectivity index (χ2n) is 8.46. The number of carbonyl (C=O) groups is 1. The van der Waals surface area contributed by atoms with Crippen molar-refractivity contribution in [3.8, 4) is 17.0 Å². The van der Waals surface area contributed by atoms with Crippen LogP contribution in [0.5, 0.6) is 5.75 Å². The van der Waals surface area contributed by atoms with Gasteiger partial charge in [-0.15, -0.1) is 0 Å². The van der Waals surface area contributed by atoms with E-state index >= 15 is 0 Å². The Balaban J connectivity index is 1.34. The van der Waals surface area contributed by atoms with Crippen LogP contribution in [0.1, 0.15) is 49.0 Å². The highest BCUT2D eigenvalue weighted by atomic mass is 19.1. The highest BCUT2D eigenvalue weighted by Crippen LogP contribution is 2.50. The van der Waals surface area contributed by atoms with Gasteiger partial charge in [0.25, 0.3) is 0 Å². The van der Waals surface area contributed by atoms with Crippen LogP contribution in [0, 0.1) is 11.7 Å². The van der Waals surface area contributed by atoms with Crippen molar-refractivity contribution in [2.45, 2.75) is 37.6 Å². The summed E-state index contributed by atoms with van der Waals surface area (Å²) in [6.45, 7) is 0.751. The molecule has 5 nitrogen and oxygen atoms in total. The van der Waals surface area contributed by atoms with E-state index in [2.05, 4.69) is 16.0 Å². The molecular formula is C25H26FN3O2. The topological polar surface area (TPSA) is 58.2 Å². The zero-order valence-corrected chi connectivity index (χ0v) is 17.6. The van der Waals surface area contributed by atoms with E-state index in [0.717, 1.165) is 60.6 Å². The van der Waals surface area contributed by atoms with Crippen molar-refractivity contribution in [2.24, 2.45) is 5.92 Å². The monoisotopic (exact) mass is 419 g/mol. The number of benzene rings is 2. The minimum atomic E-state index is -0.277. The number of piperidine rings is 1. The molecule has 1 amide bonds. The Bertz CT molecular complexity index is 1100. The minimum Gasteiger partial charge on any atom is -0.497 e. The van der Waals surface area contributed by atoms with Gasteiger partial charge in [0.2, 0.25) is 5.91 Å². The summed E-state index contributed by atoms with van der Waals surface area (Å²) in [7, 11) is 1.66. The van der Waals surface area contributed by atoms with E-state index in [4.69, 9.17) is 4.74 Å². The lowest BCUT2D eigenvalue weighted by Crippen LogP contribution is -2.40. The van der Waals surface area contributed by atoms with Crippen LogP contribution >= 0.6 is 0 Å². The largest absolute Gasteiger partial charge is 0.497 e. The number of carbonyl (C=O) groups excluding carboxylic acids is 1. The lowest BCUT2D eigenvalue weighted by molar-refractivity contribution is -0.136. The summed E-state index contributed by atoms with van der Waals surface area (Å²) >= 11 is 0. The predicted octanol–water partition coefficient (Wildman–Crippen LogP) is 5.08. The number of aromatic nitrogens is 2. The standard InChI is InChI=1S/C25H26FN3O2/c1-31-19-9-5-6-16(13-19)20-14-21(20)25(30)29-11-3-2-10-23(29)24-27-15-22(28-24)17-7-4-8-18(26)12-17/h4-9,12-13,15,20-21,23H,2-3,10-11,14H2,1H3,(H,27,28). The molecule has 2 aromatic carbocycles. The van der Waals surface area contributed by atoms with Crippen molar-refractivity contribution >= 4 is 5.91 Å². The number of amides is 1. The molecule has 2 aliphatic rings. The molecule has 2 fully saturated rings. The van der Waals surface area contributed by atoms with Gasteiger partial charge in [-0.1, -0.05) is 24.3 Å². The third kappa shape index (κ3) is 3.94. The fourth-order valence-corrected chi connectivity index (χ4v) is 4.71. The molecule has 31 heavy (non-hydrogen) atoms. The number of hydrogen-bond acceptors (Lipinski definition) is 3. The third-order valence-corrected chi connectivity index (χ3v) is 6.46. The zero-order valence-electron chi connectivity index (χ0n) is 17.6. The summed E-state index contributed by atoms with van der Waals surface area (Å²) in [5, 5.41) is 0. The molecule has 6 heteroatoms. The maximum atomic E-state index is 13.6. The van der Waals surface area contributed by atoms with Gasteiger partial charge in [0, 0.05) is 18.0 Å². The molecule has 1 aromatic heterocycles. The average molecular weight is 420 g/mol. The minimum absolute atomic E-state index is 0.0188. The van der Waals surface area contributed by atoms with Crippen LogP contribution in [-0.4, -0.2) is 34.4 Å². The SMILES string of the molecule is COc1cccc(C2CC2C(=O)N2CCCCC2c2ncc(-c3cccc(F)c3)[nH]2)c1. The first-order chi connectivity index (χ1) is 15.1. The van der Waals surface area contributed by atoms with Crippen LogP contribution in [0.25, 0.3) is 11.3 Å². The summed E-state index contributed by atoms with van der Waals surface area (Å²) in [6.07, 6.45) is 5.57. The van der Waals surface area contributed by atoms with Crippen LogP contribution in [0.15, 0.2) is 54.7 Å². The first-order valence-electron chi connectivity index (χ1n) is 10.9. The van der Waals surface area contributed by atoms with Gasteiger partial charge in [-0.2, -0.15) is 0 Å². The molecule has 160 valence electrons. The number of aromatic amines is 1. The van der Waals surface area contributed by atoms with Gasteiger partial charge >= 0.3 is 0 Å². The van der Waals surface area contributed by atoms with Gasteiger partial charge < -0.3 is 14.6 Å². The maximum absolute atomic E-state index is 13.6. The van der Waals surface area contributed by atoms with Gasteiger partial charge in [-0.05, 0) is 61.4 Å². The third-order valence-electron chi connectivity index (χ3n) is 6.46. The Kier molecular flexibility index (Phi) is 5.22. The molecule has 5 rings (SSSR count). The van der Waals surface area contributed by atoms with Gasteiger partial charge in [-0.25, -0.2) is 9.37 Å². The molecule has 1 N–H and O–H groups in total. The molecule has 0 bridgehead atoms. The summed E-state index contributed by atoms with van der Waals surface area (Å²) in [5.74, 6) is 1.81. The number of imidazole rings is 1. The molecule has 1 aliphatic heterocycles. The number of H-pyrrole nitrogens is 1. The van der Waals surface area contributed by atoms with Crippen molar-refractivity contribution < 1.29 is 13.9 Å². The number of methoxy groups -OCH3 is 1. The van der Waals surface area contributed by atoms with Gasteiger partial charge in [0.15, 0.2) is 0 Å². The molecule has 3 atom stereocenters. The maximum Gasteiger partial charge on any atom is 0.226 e. The molecule has 0 spiro atoms. The molecule has 1 saturated heterocycles. The number of hydrogen-bond donors (Lipinski definition) is 1. The first-order valence-corrected chi connectivity index (χ1v) is 10.9. The second kappa shape index (κ2) is 8.17. The van der Waals surface area contributed by atoms with Crippen LogP contribution in [0.3, 0.4) is 0 Å². The van der Waals surface area contributed by atoms with Gasteiger partial charge in [0.1, 0.15) is 17.4 Å². The number of halogens is 1. The van der Waals surface area contributed by atoms with Crippen LogP contribution in [0.2, 0.25) is 0 Å². The Morgan fingerprint density at radius 3 is 2.90 bits per heavy atom. The molecule has 2 heterocycles. The summed E-state index contributed by atoms with van der Waals surface area (Å²) < 4.78 is 18.9. The number of ether oxygens (including phenoxy) is 1. The molecular weight excluding hydrogens is 393 g/mol. The average Bonchev–Trinajstić information content (AvgIpc) is 3.46. The first kappa shape index (κ1) is 19.8. The van der Waals surface area contributed by atoms with Crippen LogP contribution in [-0.2, 0) is 4.79 Å². The van der Waals surface area contributed by atoms with E-state index in [0.29, 0.717) is 0 Å². The van der Waals surface area contributed by atoms with Crippen molar-refractivity contribution in [3.63, 3.8) is 0 Å². The molecule has 1 aliphatic carbocycles. The quantitative estimate of drug-likeness (QED) is 0.627. The fourth-order valence-electron chi connectivity index (χ4n) is 4.71. The van der Waals surface area contributed by atoms with E-state index in [1.54, 1.807) is 19.4 Å². The smallest absolute Gasteiger partial charge is 0.226 e. The summed E-state index contributed by atoms with van der Waals surface area (Å²) in [6, 6.07) is 14.4. The highest BCUT2D eigenvalue weighted by molar-refractivity contribution is 5.83. The Morgan fingerprint density at radius 2 is 2.06 bits per heavy atom. The van der Waals surface area contributed by atoms with Crippen molar-refractivity contribution in [3.05, 3.63) is 71.9 Å². The van der Waals surface area contributed by atoms with E-state index in [1.165, 1.54) is 12.1 Å². The van der Waals surface area contributed by atoms with E-state index in [1.807, 2.05) is 29.2 Å². The number of nitrogens with zero attached hydrogens (tertiary/aromatic N) is 2. The van der Waals surface area contributed by atoms with E-state index in [-0.39, 0.29) is 29.6 Å². The fraction of sp³-hybridized carbons (Fsp3) is 0.360. The van der Waals surface area contributed by atoms with Gasteiger partial charge in [-0.3, -0.25) is 4.79 Å². The number of rotatable bonds is 5. The van der Waals surface area contributed by atoms with E-state index in [9.17, 15) is 9.18 Å². The Morgan fingerprint density at radius 1 is 1.19 bits per heavy atom. The molecule has 1 saturated carbocycles. The molecule has 3 aromatic rings. The summed E-state index contributed by atoms with van der Waals surface area (Å²) in [5.41, 5.74) is 2.69. The van der Waals surface area contributed by atoms with Crippen LogP contribution in [0.4, 0.5) is 4.39 Å². The normalized spacial score (nSPS) is 22.9. The Labute approximate surface area is 181 Å². The predicted molar refractivity (Wildman–Crippen MR) is 116 cm³/mol. The lowest BCUT2D eigenvalue weighted by Gasteiger charge is -2.35. The number of nitrogens with one attached hydrogen (secondary N) is 1.